The monoisotopic (exact) mass is 246 g/mol. The molecule has 0 aliphatic rings. The first-order valence-corrected chi connectivity index (χ1v) is 5.73. The molecular weight excluding hydrogens is 231 g/mol. The minimum Gasteiger partial charge on any atom is -0.302 e. The van der Waals surface area contributed by atoms with Crippen molar-refractivity contribution in [3.63, 3.8) is 0 Å². The van der Waals surface area contributed by atoms with Crippen LogP contribution in [0.5, 0.6) is 0 Å². The number of hydrogen-bond donors (Lipinski definition) is 0. The summed E-state index contributed by atoms with van der Waals surface area (Å²) >= 11 is 11.8. The number of halogens is 2. The van der Waals surface area contributed by atoms with E-state index in [1.165, 1.54) is 0 Å². The Labute approximate surface area is 101 Å². The van der Waals surface area contributed by atoms with Crippen LogP contribution < -0.4 is 0 Å². The average molecular weight is 247 g/mol. The normalized spacial score (nSPS) is 11.4. The van der Waals surface area contributed by atoms with Crippen molar-refractivity contribution >= 4 is 23.2 Å². The van der Waals surface area contributed by atoms with Crippen LogP contribution in [-0.4, -0.2) is 23.5 Å². The van der Waals surface area contributed by atoms with Crippen LogP contribution >= 0.6 is 23.2 Å². The van der Waals surface area contributed by atoms with Crippen LogP contribution in [0.4, 0.5) is 0 Å². The summed E-state index contributed by atoms with van der Waals surface area (Å²) in [5, 5.41) is 1.13. The molecule has 1 aromatic heterocycles. The van der Waals surface area contributed by atoms with Crippen LogP contribution in [0.1, 0.15) is 19.4 Å². The predicted molar refractivity (Wildman–Crippen MR) is 65.4 cm³/mol. The van der Waals surface area contributed by atoms with Crippen LogP contribution in [0.25, 0.3) is 0 Å². The molecule has 4 heteroatoms. The van der Waals surface area contributed by atoms with Crippen molar-refractivity contribution < 1.29 is 0 Å². The fourth-order valence-electron chi connectivity index (χ4n) is 1.53. The third-order valence-corrected chi connectivity index (χ3v) is 2.57. The first kappa shape index (κ1) is 12.8. The molecule has 0 fully saturated rings. The molecule has 0 radical (unpaired) electrons. The Morgan fingerprint density at radius 1 is 1.40 bits per heavy atom. The van der Waals surface area contributed by atoms with E-state index in [4.69, 9.17) is 23.2 Å². The topological polar surface area (TPSA) is 16.1 Å². The van der Waals surface area contributed by atoms with Crippen molar-refractivity contribution in [2.75, 3.05) is 13.6 Å². The summed E-state index contributed by atoms with van der Waals surface area (Å²) in [6.07, 6.45) is 1.74. The lowest BCUT2D eigenvalue weighted by Crippen LogP contribution is -2.22. The maximum Gasteiger partial charge on any atom is 0.130 e. The molecule has 1 rings (SSSR count). The van der Waals surface area contributed by atoms with Gasteiger partial charge in [-0.3, -0.25) is 0 Å². The van der Waals surface area contributed by atoms with Gasteiger partial charge in [-0.25, -0.2) is 4.98 Å². The Hall–Kier alpha value is -0.310. The molecule has 0 aromatic carbocycles. The van der Waals surface area contributed by atoms with Crippen LogP contribution in [0, 0.1) is 5.92 Å². The first-order valence-electron chi connectivity index (χ1n) is 4.97. The summed E-state index contributed by atoms with van der Waals surface area (Å²) < 4.78 is 0. The van der Waals surface area contributed by atoms with Gasteiger partial charge in [0.25, 0.3) is 0 Å². The summed E-state index contributed by atoms with van der Waals surface area (Å²) in [4.78, 5) is 6.25. The Balaban J connectivity index is 2.64. The van der Waals surface area contributed by atoms with E-state index in [0.717, 1.165) is 18.7 Å². The second kappa shape index (κ2) is 5.69. The van der Waals surface area contributed by atoms with Crippen LogP contribution in [0.3, 0.4) is 0 Å². The molecule has 0 N–H and O–H groups in total. The van der Waals surface area contributed by atoms with Gasteiger partial charge in [-0.1, -0.05) is 37.0 Å². The van der Waals surface area contributed by atoms with E-state index >= 15 is 0 Å². The summed E-state index contributed by atoms with van der Waals surface area (Å²) in [6, 6.07) is 1.68. The minimum atomic E-state index is 0.440. The molecule has 0 aliphatic carbocycles. The molecule has 0 aliphatic heterocycles. The maximum atomic E-state index is 6.06. The third kappa shape index (κ3) is 4.37. The number of aromatic nitrogens is 1. The highest BCUT2D eigenvalue weighted by Gasteiger charge is 2.07. The quantitative estimate of drug-likeness (QED) is 0.757. The minimum absolute atomic E-state index is 0.440. The zero-order valence-corrected chi connectivity index (χ0v) is 10.8. The molecule has 0 atom stereocenters. The zero-order valence-electron chi connectivity index (χ0n) is 9.30. The van der Waals surface area contributed by atoms with Crippen molar-refractivity contribution in [2.45, 2.75) is 20.4 Å². The van der Waals surface area contributed by atoms with Gasteiger partial charge in [0.05, 0.1) is 0 Å². The summed E-state index contributed by atoms with van der Waals surface area (Å²) in [5.74, 6) is 0.647. The number of rotatable bonds is 4. The van der Waals surface area contributed by atoms with E-state index in [2.05, 4.69) is 30.8 Å². The fourth-order valence-corrected chi connectivity index (χ4v) is 1.96. The average Bonchev–Trinajstić information content (AvgIpc) is 2.08. The Morgan fingerprint density at radius 2 is 2.07 bits per heavy atom. The van der Waals surface area contributed by atoms with Crippen molar-refractivity contribution in [2.24, 2.45) is 5.92 Å². The molecule has 84 valence electrons. The lowest BCUT2D eigenvalue weighted by atomic mass is 10.2. The molecule has 1 heterocycles. The van der Waals surface area contributed by atoms with Gasteiger partial charge in [-0.2, -0.15) is 0 Å². The van der Waals surface area contributed by atoms with E-state index in [1.807, 2.05) is 0 Å². The van der Waals surface area contributed by atoms with Gasteiger partial charge in [-0.15, -0.1) is 0 Å². The summed E-state index contributed by atoms with van der Waals surface area (Å²) in [5.41, 5.74) is 1.02. The molecule has 0 bridgehead atoms. The maximum absolute atomic E-state index is 6.06. The standard InChI is InChI=1S/C11H16Cl2N2/c1-8(2)6-15(3)7-9-5-14-11(13)4-10(9)12/h4-5,8H,6-7H2,1-3H3. The molecule has 0 saturated carbocycles. The molecule has 0 saturated heterocycles. The number of hydrogen-bond acceptors (Lipinski definition) is 2. The fraction of sp³-hybridized carbons (Fsp3) is 0.545. The van der Waals surface area contributed by atoms with Gasteiger partial charge in [0.15, 0.2) is 0 Å². The number of pyridine rings is 1. The third-order valence-electron chi connectivity index (χ3n) is 2.01. The van der Waals surface area contributed by atoms with Gasteiger partial charge in [-0.05, 0) is 19.0 Å². The second-order valence-corrected chi connectivity index (χ2v) is 4.98. The van der Waals surface area contributed by atoms with Crippen molar-refractivity contribution in [1.29, 1.82) is 0 Å². The predicted octanol–water partition coefficient (Wildman–Crippen LogP) is 3.48. The Kier molecular flexibility index (Phi) is 4.84. The van der Waals surface area contributed by atoms with Gasteiger partial charge in [0, 0.05) is 29.9 Å². The van der Waals surface area contributed by atoms with Crippen LogP contribution in [0.2, 0.25) is 10.2 Å². The number of nitrogens with zero attached hydrogens (tertiary/aromatic N) is 2. The van der Waals surface area contributed by atoms with Crippen LogP contribution in [0.15, 0.2) is 12.3 Å². The van der Waals surface area contributed by atoms with Gasteiger partial charge in [0.2, 0.25) is 0 Å². The molecular formula is C11H16Cl2N2. The van der Waals surface area contributed by atoms with Crippen molar-refractivity contribution in [3.8, 4) is 0 Å². The Morgan fingerprint density at radius 3 is 2.60 bits per heavy atom. The lowest BCUT2D eigenvalue weighted by molar-refractivity contribution is 0.288. The van der Waals surface area contributed by atoms with E-state index in [1.54, 1.807) is 12.3 Å². The van der Waals surface area contributed by atoms with E-state index in [-0.39, 0.29) is 0 Å². The van der Waals surface area contributed by atoms with Gasteiger partial charge in [0.1, 0.15) is 5.15 Å². The Bertz CT molecular complexity index is 326. The SMILES string of the molecule is CC(C)CN(C)Cc1cnc(Cl)cc1Cl. The largest absolute Gasteiger partial charge is 0.302 e. The molecule has 0 amide bonds. The van der Waals surface area contributed by atoms with E-state index in [9.17, 15) is 0 Å². The van der Waals surface area contributed by atoms with Crippen molar-refractivity contribution in [3.05, 3.63) is 28.0 Å². The highest BCUT2D eigenvalue weighted by molar-refractivity contribution is 6.34. The van der Waals surface area contributed by atoms with Gasteiger partial charge >= 0.3 is 0 Å². The van der Waals surface area contributed by atoms with E-state index in [0.29, 0.717) is 16.1 Å². The molecule has 1 aromatic rings. The van der Waals surface area contributed by atoms with Crippen LogP contribution in [-0.2, 0) is 6.54 Å². The van der Waals surface area contributed by atoms with Gasteiger partial charge < -0.3 is 4.90 Å². The van der Waals surface area contributed by atoms with Crippen molar-refractivity contribution in [1.82, 2.24) is 9.88 Å². The molecule has 0 spiro atoms. The summed E-state index contributed by atoms with van der Waals surface area (Å²) in [7, 11) is 2.07. The highest BCUT2D eigenvalue weighted by atomic mass is 35.5. The highest BCUT2D eigenvalue weighted by Crippen LogP contribution is 2.19. The first-order chi connectivity index (χ1) is 6.99. The molecule has 0 unspecified atom stereocenters. The zero-order chi connectivity index (χ0) is 11.4. The van der Waals surface area contributed by atoms with E-state index < -0.39 is 0 Å². The molecule has 2 nitrogen and oxygen atoms in total. The second-order valence-electron chi connectivity index (χ2n) is 4.19. The summed E-state index contributed by atoms with van der Waals surface area (Å²) in [6.45, 7) is 6.23. The smallest absolute Gasteiger partial charge is 0.130 e. The lowest BCUT2D eigenvalue weighted by Gasteiger charge is -2.19. The molecule has 15 heavy (non-hydrogen) atoms.